The average molecular weight is 244 g/mol. The Bertz CT molecular complexity index is 605. The predicted octanol–water partition coefficient (Wildman–Crippen LogP) is 2.90. The van der Waals surface area contributed by atoms with Crippen LogP contribution in [-0.4, -0.2) is 9.13 Å². The first-order valence-electron chi connectivity index (χ1n) is 6.32. The van der Waals surface area contributed by atoms with Gasteiger partial charge in [0.25, 0.3) is 0 Å². The first kappa shape index (κ1) is 12.7. The van der Waals surface area contributed by atoms with E-state index in [2.05, 4.69) is 32.0 Å². The number of benzene rings is 1. The van der Waals surface area contributed by atoms with Gasteiger partial charge in [0.2, 0.25) is 0 Å². The van der Waals surface area contributed by atoms with E-state index < -0.39 is 0 Å². The van der Waals surface area contributed by atoms with Crippen LogP contribution in [0.3, 0.4) is 0 Å². The van der Waals surface area contributed by atoms with Crippen LogP contribution in [0.2, 0.25) is 0 Å². The lowest BCUT2D eigenvalue weighted by atomic mass is 10.1. The molecule has 0 aliphatic rings. The summed E-state index contributed by atoms with van der Waals surface area (Å²) in [5.74, 6) is 0. The summed E-state index contributed by atoms with van der Waals surface area (Å²) in [6, 6.07) is 6.56. The molecule has 0 radical (unpaired) electrons. The van der Waals surface area contributed by atoms with Crippen LogP contribution in [0.25, 0.3) is 0 Å². The molecule has 2 aromatic rings. The minimum Gasteiger partial charge on any atom is -0.297 e. The van der Waals surface area contributed by atoms with Crippen LogP contribution in [0.15, 0.2) is 35.4 Å². The molecule has 3 nitrogen and oxygen atoms in total. The second-order valence-corrected chi connectivity index (χ2v) is 5.14. The third kappa shape index (κ3) is 2.40. The van der Waals surface area contributed by atoms with Crippen LogP contribution in [0.5, 0.6) is 0 Å². The van der Waals surface area contributed by atoms with E-state index in [1.165, 1.54) is 16.7 Å². The smallest absolute Gasteiger partial charge is 0.297 e. The van der Waals surface area contributed by atoms with Gasteiger partial charge in [0.15, 0.2) is 0 Å². The van der Waals surface area contributed by atoms with Crippen molar-refractivity contribution in [2.75, 3.05) is 0 Å². The van der Waals surface area contributed by atoms with Gasteiger partial charge in [-0.25, -0.2) is 4.79 Å². The van der Waals surface area contributed by atoms with E-state index in [1.807, 2.05) is 26.2 Å². The molecule has 1 aromatic heterocycles. The van der Waals surface area contributed by atoms with Crippen molar-refractivity contribution in [2.24, 2.45) is 0 Å². The Labute approximate surface area is 108 Å². The zero-order valence-electron chi connectivity index (χ0n) is 11.5. The lowest BCUT2D eigenvalue weighted by molar-refractivity contribution is 0.561. The van der Waals surface area contributed by atoms with Gasteiger partial charge in [0, 0.05) is 18.4 Å². The van der Waals surface area contributed by atoms with Gasteiger partial charge in [-0.15, -0.1) is 0 Å². The van der Waals surface area contributed by atoms with Crippen molar-refractivity contribution in [1.29, 1.82) is 0 Å². The fraction of sp³-hybridized carbons (Fsp3) is 0.400. The Hall–Kier alpha value is -1.77. The molecular formula is C15H20N2O. The quantitative estimate of drug-likeness (QED) is 0.815. The molecule has 2 rings (SSSR count). The summed E-state index contributed by atoms with van der Waals surface area (Å²) in [5.41, 5.74) is 3.72. The Balaban J connectivity index is 2.35. The molecular weight excluding hydrogens is 224 g/mol. The van der Waals surface area contributed by atoms with E-state index >= 15 is 0 Å². The summed E-state index contributed by atoms with van der Waals surface area (Å²) in [6.07, 6.45) is 3.72. The number of hydrogen-bond acceptors (Lipinski definition) is 1. The minimum absolute atomic E-state index is 0.0610. The fourth-order valence-corrected chi connectivity index (χ4v) is 2.10. The Morgan fingerprint density at radius 1 is 1.17 bits per heavy atom. The van der Waals surface area contributed by atoms with Gasteiger partial charge in [-0.2, -0.15) is 0 Å². The highest BCUT2D eigenvalue weighted by Gasteiger charge is 2.07. The number of aromatic nitrogens is 2. The molecule has 0 saturated heterocycles. The highest BCUT2D eigenvalue weighted by atomic mass is 16.1. The molecule has 1 heterocycles. The molecule has 0 aliphatic carbocycles. The van der Waals surface area contributed by atoms with Crippen molar-refractivity contribution in [2.45, 2.75) is 40.3 Å². The van der Waals surface area contributed by atoms with Gasteiger partial charge in [-0.05, 0) is 38.8 Å². The molecule has 0 bridgehead atoms. The summed E-state index contributed by atoms with van der Waals surface area (Å²) >= 11 is 0. The molecule has 0 saturated carbocycles. The van der Waals surface area contributed by atoms with Crippen LogP contribution >= 0.6 is 0 Å². The van der Waals surface area contributed by atoms with E-state index in [4.69, 9.17) is 0 Å². The zero-order valence-corrected chi connectivity index (χ0v) is 11.5. The standard InChI is InChI=1S/C15H20N2O/c1-11(2)17-8-7-16(15(17)18)10-14-9-12(3)5-6-13(14)4/h5-9,11H,10H2,1-4H3. The van der Waals surface area contributed by atoms with Gasteiger partial charge >= 0.3 is 5.69 Å². The number of rotatable bonds is 3. The van der Waals surface area contributed by atoms with Crippen molar-refractivity contribution in [3.05, 3.63) is 57.8 Å². The van der Waals surface area contributed by atoms with Gasteiger partial charge in [0.05, 0.1) is 6.54 Å². The van der Waals surface area contributed by atoms with E-state index in [-0.39, 0.29) is 11.7 Å². The zero-order chi connectivity index (χ0) is 13.3. The highest BCUT2D eigenvalue weighted by molar-refractivity contribution is 5.30. The Kier molecular flexibility index (Phi) is 3.41. The number of imidazole rings is 1. The Morgan fingerprint density at radius 3 is 2.50 bits per heavy atom. The van der Waals surface area contributed by atoms with E-state index in [1.54, 1.807) is 9.13 Å². The third-order valence-electron chi connectivity index (χ3n) is 3.28. The summed E-state index contributed by atoms with van der Waals surface area (Å²) < 4.78 is 3.52. The Morgan fingerprint density at radius 2 is 1.89 bits per heavy atom. The lowest BCUT2D eigenvalue weighted by Gasteiger charge is -2.08. The maximum Gasteiger partial charge on any atom is 0.328 e. The molecule has 0 fully saturated rings. The largest absolute Gasteiger partial charge is 0.328 e. The van der Waals surface area contributed by atoms with Gasteiger partial charge in [-0.1, -0.05) is 23.8 Å². The minimum atomic E-state index is 0.0610. The van der Waals surface area contributed by atoms with Crippen molar-refractivity contribution >= 4 is 0 Å². The van der Waals surface area contributed by atoms with Crippen LogP contribution in [-0.2, 0) is 6.54 Å². The van der Waals surface area contributed by atoms with Crippen molar-refractivity contribution in [3.8, 4) is 0 Å². The molecule has 0 N–H and O–H groups in total. The topological polar surface area (TPSA) is 26.9 Å². The van der Waals surface area contributed by atoms with E-state index in [0.29, 0.717) is 6.54 Å². The number of hydrogen-bond donors (Lipinski definition) is 0. The van der Waals surface area contributed by atoms with Crippen molar-refractivity contribution in [1.82, 2.24) is 9.13 Å². The van der Waals surface area contributed by atoms with Crippen molar-refractivity contribution in [3.63, 3.8) is 0 Å². The van der Waals surface area contributed by atoms with Crippen LogP contribution in [0, 0.1) is 13.8 Å². The predicted molar refractivity (Wildman–Crippen MR) is 74.1 cm³/mol. The molecule has 0 atom stereocenters. The lowest BCUT2D eigenvalue weighted by Crippen LogP contribution is -2.25. The third-order valence-corrected chi connectivity index (χ3v) is 3.28. The summed E-state index contributed by atoms with van der Waals surface area (Å²) in [6.45, 7) is 8.84. The van der Waals surface area contributed by atoms with E-state index in [0.717, 1.165) is 0 Å². The number of aryl methyl sites for hydroxylation is 2. The first-order chi connectivity index (χ1) is 8.49. The molecule has 1 aromatic carbocycles. The van der Waals surface area contributed by atoms with Gasteiger partial charge in [-0.3, -0.25) is 9.13 Å². The van der Waals surface area contributed by atoms with Crippen LogP contribution in [0.4, 0.5) is 0 Å². The first-order valence-corrected chi connectivity index (χ1v) is 6.32. The maximum atomic E-state index is 12.1. The molecule has 3 heteroatoms. The van der Waals surface area contributed by atoms with E-state index in [9.17, 15) is 4.79 Å². The van der Waals surface area contributed by atoms with Crippen molar-refractivity contribution < 1.29 is 0 Å². The second-order valence-electron chi connectivity index (χ2n) is 5.14. The van der Waals surface area contributed by atoms with Crippen LogP contribution < -0.4 is 5.69 Å². The monoisotopic (exact) mass is 244 g/mol. The summed E-state index contributed by atoms with van der Waals surface area (Å²) in [5, 5.41) is 0. The molecule has 0 amide bonds. The normalized spacial score (nSPS) is 11.2. The van der Waals surface area contributed by atoms with Crippen LogP contribution in [0.1, 0.15) is 36.6 Å². The molecule has 0 aliphatic heterocycles. The fourth-order valence-electron chi connectivity index (χ4n) is 2.10. The highest BCUT2D eigenvalue weighted by Crippen LogP contribution is 2.12. The second kappa shape index (κ2) is 4.84. The summed E-state index contributed by atoms with van der Waals surface area (Å²) in [4.78, 5) is 12.1. The number of nitrogens with zero attached hydrogens (tertiary/aromatic N) is 2. The SMILES string of the molecule is Cc1ccc(C)c(Cn2ccn(C(C)C)c2=O)c1. The molecule has 0 unspecified atom stereocenters. The molecule has 96 valence electrons. The van der Waals surface area contributed by atoms with Gasteiger partial charge in [0.1, 0.15) is 0 Å². The summed E-state index contributed by atoms with van der Waals surface area (Å²) in [7, 11) is 0. The maximum absolute atomic E-state index is 12.1. The average Bonchev–Trinajstić information content (AvgIpc) is 2.66. The van der Waals surface area contributed by atoms with Gasteiger partial charge < -0.3 is 0 Å². The molecule has 0 spiro atoms. The molecule has 18 heavy (non-hydrogen) atoms.